The summed E-state index contributed by atoms with van der Waals surface area (Å²) in [6.07, 6.45) is 7.89. The van der Waals surface area contributed by atoms with Gasteiger partial charge in [-0.05, 0) is 18.9 Å². The molecule has 1 aliphatic carbocycles. The maximum absolute atomic E-state index is 11.7. The molecule has 2 atom stereocenters. The average molecular weight is 338 g/mol. The van der Waals surface area contributed by atoms with E-state index < -0.39 is 0 Å². The fourth-order valence-electron chi connectivity index (χ4n) is 4.16. The van der Waals surface area contributed by atoms with Crippen LogP contribution in [0.3, 0.4) is 0 Å². The average Bonchev–Trinajstić information content (AvgIpc) is 3.02. The van der Waals surface area contributed by atoms with Crippen LogP contribution in [-0.4, -0.2) is 56.6 Å². The zero-order valence-corrected chi connectivity index (χ0v) is 13.6. The Labute approximate surface area is 143 Å². The molecule has 5 rings (SSSR count). The Morgan fingerprint density at radius 2 is 2.28 bits per heavy atom. The third-order valence-corrected chi connectivity index (χ3v) is 5.47. The molecular formula is C17H18N6O2. The van der Waals surface area contributed by atoms with Crippen molar-refractivity contribution >= 4 is 23.3 Å². The van der Waals surface area contributed by atoms with Crippen LogP contribution in [0.1, 0.15) is 24.5 Å². The molecule has 0 aromatic carbocycles. The van der Waals surface area contributed by atoms with E-state index in [9.17, 15) is 4.79 Å². The summed E-state index contributed by atoms with van der Waals surface area (Å²) in [7, 11) is 0. The van der Waals surface area contributed by atoms with Gasteiger partial charge in [0, 0.05) is 37.8 Å². The number of H-pyrrole nitrogens is 1. The summed E-state index contributed by atoms with van der Waals surface area (Å²) in [4.78, 5) is 27.9. The van der Waals surface area contributed by atoms with E-state index in [1.54, 1.807) is 12.5 Å². The van der Waals surface area contributed by atoms with Gasteiger partial charge < -0.3 is 19.3 Å². The Morgan fingerprint density at radius 1 is 1.32 bits per heavy atom. The third-order valence-electron chi connectivity index (χ3n) is 5.47. The predicted molar refractivity (Wildman–Crippen MR) is 90.1 cm³/mol. The number of anilines is 1. The minimum Gasteiger partial charge on any atom is -0.361 e. The minimum absolute atomic E-state index is 0.185. The van der Waals surface area contributed by atoms with Crippen molar-refractivity contribution in [3.8, 4) is 0 Å². The van der Waals surface area contributed by atoms with E-state index in [-0.39, 0.29) is 11.5 Å². The van der Waals surface area contributed by atoms with Gasteiger partial charge in [0.15, 0.2) is 0 Å². The van der Waals surface area contributed by atoms with Crippen LogP contribution in [0.2, 0.25) is 0 Å². The maximum atomic E-state index is 11.7. The number of fused-ring (bicyclic) bond motifs is 1. The van der Waals surface area contributed by atoms with Gasteiger partial charge in [-0.1, -0.05) is 5.16 Å². The largest absolute Gasteiger partial charge is 0.361 e. The normalized spacial score (nSPS) is 26.2. The number of hydrogen-bond donors (Lipinski definition) is 1. The molecule has 25 heavy (non-hydrogen) atoms. The Balaban J connectivity index is 1.53. The Hall–Kier alpha value is -2.90. The van der Waals surface area contributed by atoms with Crippen molar-refractivity contribution in [2.24, 2.45) is 0 Å². The predicted octanol–water partition coefficient (Wildman–Crippen LogP) is 1.54. The van der Waals surface area contributed by atoms with E-state index in [4.69, 9.17) is 4.52 Å². The first-order valence-electron chi connectivity index (χ1n) is 8.47. The summed E-state index contributed by atoms with van der Waals surface area (Å²) in [6.45, 7) is 2.33. The maximum Gasteiger partial charge on any atom is 0.210 e. The van der Waals surface area contributed by atoms with E-state index in [0.717, 1.165) is 61.5 Å². The lowest BCUT2D eigenvalue weighted by Crippen LogP contribution is -2.44. The van der Waals surface area contributed by atoms with Crippen LogP contribution in [0.5, 0.6) is 0 Å². The number of nitrogens with one attached hydrogen (secondary N) is 1. The van der Waals surface area contributed by atoms with Crippen LogP contribution < -0.4 is 4.90 Å². The number of hydrogen-bond acceptors (Lipinski definition) is 6. The summed E-state index contributed by atoms with van der Waals surface area (Å²) in [5.41, 5.74) is 0.587. The van der Waals surface area contributed by atoms with Crippen LogP contribution in [0.15, 0.2) is 35.4 Å². The van der Waals surface area contributed by atoms with Crippen molar-refractivity contribution in [2.45, 2.75) is 24.3 Å². The fraction of sp³-hybridized carbons (Fsp3) is 0.412. The zero-order chi connectivity index (χ0) is 16.9. The third kappa shape index (κ3) is 2.13. The summed E-state index contributed by atoms with van der Waals surface area (Å²) < 4.78 is 5.38. The van der Waals surface area contributed by atoms with Gasteiger partial charge in [-0.2, -0.15) is 0 Å². The highest BCUT2D eigenvalue weighted by atomic mass is 16.5. The van der Waals surface area contributed by atoms with Crippen molar-refractivity contribution in [1.29, 1.82) is 0 Å². The minimum atomic E-state index is -0.245. The molecule has 2 unspecified atom stereocenters. The Morgan fingerprint density at radius 3 is 3.12 bits per heavy atom. The molecule has 1 saturated carbocycles. The lowest BCUT2D eigenvalue weighted by atomic mass is 10.1. The molecular weight excluding hydrogens is 320 g/mol. The van der Waals surface area contributed by atoms with Crippen molar-refractivity contribution in [3.63, 3.8) is 0 Å². The SMILES string of the molecule is O=CN1CCCN(c2ncnc3[nH]ccc23)CC12CC2c1ccno1. The van der Waals surface area contributed by atoms with Gasteiger partial charge >= 0.3 is 0 Å². The molecule has 3 aromatic rings. The summed E-state index contributed by atoms with van der Waals surface area (Å²) >= 11 is 0. The van der Waals surface area contributed by atoms with Gasteiger partial charge in [0.1, 0.15) is 23.6 Å². The molecule has 3 aromatic heterocycles. The fourth-order valence-corrected chi connectivity index (χ4v) is 4.16. The summed E-state index contributed by atoms with van der Waals surface area (Å²) in [6, 6.07) is 3.90. The summed E-state index contributed by atoms with van der Waals surface area (Å²) in [5, 5.41) is 4.84. The molecule has 8 nitrogen and oxygen atoms in total. The molecule has 2 fully saturated rings. The molecule has 128 valence electrons. The van der Waals surface area contributed by atoms with Crippen molar-refractivity contribution in [3.05, 3.63) is 36.6 Å². The number of nitrogens with zero attached hydrogens (tertiary/aromatic N) is 5. The van der Waals surface area contributed by atoms with E-state index in [0.29, 0.717) is 0 Å². The van der Waals surface area contributed by atoms with E-state index >= 15 is 0 Å². The zero-order valence-electron chi connectivity index (χ0n) is 13.6. The highest BCUT2D eigenvalue weighted by molar-refractivity contribution is 5.87. The number of amides is 1. The molecule has 2 aliphatic rings. The second kappa shape index (κ2) is 5.30. The van der Waals surface area contributed by atoms with Crippen molar-refractivity contribution in [1.82, 2.24) is 25.0 Å². The van der Waals surface area contributed by atoms with Crippen LogP contribution in [-0.2, 0) is 4.79 Å². The number of rotatable bonds is 3. The van der Waals surface area contributed by atoms with Gasteiger partial charge in [-0.25, -0.2) is 9.97 Å². The first-order chi connectivity index (χ1) is 12.3. The molecule has 0 radical (unpaired) electrons. The second-order valence-corrected chi connectivity index (χ2v) is 6.79. The first kappa shape index (κ1) is 14.4. The van der Waals surface area contributed by atoms with Crippen LogP contribution >= 0.6 is 0 Å². The highest BCUT2D eigenvalue weighted by Crippen LogP contribution is 2.56. The number of carbonyl (C=O) groups excluding carboxylic acids is 1. The monoisotopic (exact) mass is 338 g/mol. The van der Waals surface area contributed by atoms with Gasteiger partial charge in [0.05, 0.1) is 17.1 Å². The van der Waals surface area contributed by atoms with Crippen LogP contribution in [0.25, 0.3) is 11.0 Å². The van der Waals surface area contributed by atoms with Crippen LogP contribution in [0, 0.1) is 0 Å². The van der Waals surface area contributed by atoms with Gasteiger partial charge in [-0.3, -0.25) is 4.79 Å². The lowest BCUT2D eigenvalue weighted by molar-refractivity contribution is -0.120. The molecule has 1 spiro atoms. The lowest BCUT2D eigenvalue weighted by Gasteiger charge is -2.31. The van der Waals surface area contributed by atoms with E-state index in [1.165, 1.54) is 0 Å². The molecule has 8 heteroatoms. The molecule has 1 N–H and O–H groups in total. The quantitative estimate of drug-likeness (QED) is 0.729. The number of carbonyl (C=O) groups is 1. The van der Waals surface area contributed by atoms with Gasteiger partial charge in [0.2, 0.25) is 6.41 Å². The van der Waals surface area contributed by atoms with Crippen molar-refractivity contribution < 1.29 is 9.32 Å². The molecule has 1 amide bonds. The van der Waals surface area contributed by atoms with E-state index in [2.05, 4.69) is 25.0 Å². The standard InChI is InChI=1S/C17H18N6O2/c24-11-23-7-1-6-22(16-12-2-4-18-15(12)19-10-20-16)9-17(23)8-13(17)14-3-5-21-25-14/h2-5,10-11,13H,1,6-9H2,(H,18,19,20). The molecule has 1 aliphatic heterocycles. The molecule has 1 saturated heterocycles. The molecule has 0 bridgehead atoms. The smallest absolute Gasteiger partial charge is 0.210 e. The van der Waals surface area contributed by atoms with Crippen molar-refractivity contribution in [2.75, 3.05) is 24.5 Å². The first-order valence-corrected chi connectivity index (χ1v) is 8.47. The number of aromatic nitrogens is 4. The topological polar surface area (TPSA) is 91.2 Å². The molecule has 4 heterocycles. The van der Waals surface area contributed by atoms with Gasteiger partial charge in [0.25, 0.3) is 0 Å². The van der Waals surface area contributed by atoms with Gasteiger partial charge in [-0.15, -0.1) is 0 Å². The highest BCUT2D eigenvalue weighted by Gasteiger charge is 2.61. The summed E-state index contributed by atoms with van der Waals surface area (Å²) in [5.74, 6) is 1.95. The Kier molecular flexibility index (Phi) is 3.06. The second-order valence-electron chi connectivity index (χ2n) is 6.79. The Bertz CT molecular complexity index is 907. The van der Waals surface area contributed by atoms with E-state index in [1.807, 2.05) is 23.2 Å². The van der Waals surface area contributed by atoms with Crippen LogP contribution in [0.4, 0.5) is 5.82 Å². The number of aromatic amines is 1.